The molecule has 0 radical (unpaired) electrons. The van der Waals surface area contributed by atoms with Crippen LogP contribution in [0, 0.1) is 18.3 Å². The van der Waals surface area contributed by atoms with Gasteiger partial charge in [0, 0.05) is 18.7 Å². The van der Waals surface area contributed by atoms with Crippen LogP contribution in [-0.4, -0.2) is 29.2 Å². The summed E-state index contributed by atoms with van der Waals surface area (Å²) in [5.41, 5.74) is 2.72. The topological polar surface area (TPSA) is 90.3 Å². The van der Waals surface area contributed by atoms with Crippen molar-refractivity contribution in [2.45, 2.75) is 13.3 Å². The first-order valence-electron chi connectivity index (χ1n) is 7.76. The highest BCUT2D eigenvalue weighted by atomic mass is 16.2. The van der Waals surface area contributed by atoms with E-state index >= 15 is 0 Å². The molecule has 0 fully saturated rings. The fraction of sp³-hybridized carbons (Fsp3) is 0.158. The second-order valence-electron chi connectivity index (χ2n) is 5.80. The summed E-state index contributed by atoms with van der Waals surface area (Å²) in [7, 11) is 0. The van der Waals surface area contributed by atoms with Crippen LogP contribution in [0.3, 0.4) is 0 Å². The number of fused-ring (bicyclic) bond motifs is 1. The number of nitrogens with one attached hydrogen (secondary N) is 1. The molecule has 3 amide bonds. The lowest BCUT2D eigenvalue weighted by atomic mass is 10.1. The van der Waals surface area contributed by atoms with E-state index in [4.69, 9.17) is 5.26 Å². The zero-order valence-electron chi connectivity index (χ0n) is 13.6. The van der Waals surface area contributed by atoms with Gasteiger partial charge >= 0.3 is 0 Å². The Bertz CT molecular complexity index is 911. The normalized spacial score (nSPS) is 12.7. The number of amides is 3. The van der Waals surface area contributed by atoms with Crippen LogP contribution in [0.2, 0.25) is 0 Å². The molecule has 3 rings (SSSR count). The largest absolute Gasteiger partial charge is 0.326 e. The molecule has 0 saturated carbocycles. The molecule has 2 aromatic carbocycles. The summed E-state index contributed by atoms with van der Waals surface area (Å²) in [6.07, 6.45) is 0.00442. The highest BCUT2D eigenvalue weighted by molar-refractivity contribution is 6.21. The second-order valence-corrected chi connectivity index (χ2v) is 5.80. The standard InChI is InChI=1S/C19H15N3O3/c1-12-2-7-15-16(10-12)19(25)22(18(15)24)9-8-17(23)21-14-5-3-13(11-20)4-6-14/h2-7,10H,8-9H2,1H3,(H,21,23). The third-order valence-electron chi connectivity index (χ3n) is 3.99. The average Bonchev–Trinajstić information content (AvgIpc) is 2.84. The molecule has 1 aliphatic heterocycles. The first-order chi connectivity index (χ1) is 12.0. The Morgan fingerprint density at radius 1 is 1.08 bits per heavy atom. The summed E-state index contributed by atoms with van der Waals surface area (Å²) in [4.78, 5) is 37.8. The van der Waals surface area contributed by atoms with E-state index in [1.165, 1.54) is 0 Å². The fourth-order valence-electron chi connectivity index (χ4n) is 2.67. The van der Waals surface area contributed by atoms with Gasteiger partial charge in [-0.05, 0) is 43.3 Å². The number of anilines is 1. The summed E-state index contributed by atoms with van der Waals surface area (Å²) < 4.78 is 0. The van der Waals surface area contributed by atoms with Crippen LogP contribution in [0.25, 0.3) is 0 Å². The van der Waals surface area contributed by atoms with Crippen molar-refractivity contribution in [1.82, 2.24) is 4.90 Å². The lowest BCUT2D eigenvalue weighted by Gasteiger charge is -2.13. The monoisotopic (exact) mass is 333 g/mol. The van der Waals surface area contributed by atoms with Gasteiger partial charge in [0.2, 0.25) is 5.91 Å². The van der Waals surface area contributed by atoms with Gasteiger partial charge in [-0.1, -0.05) is 11.6 Å². The second kappa shape index (κ2) is 6.57. The number of nitriles is 1. The molecule has 2 aromatic rings. The first kappa shape index (κ1) is 16.4. The molecule has 124 valence electrons. The zero-order chi connectivity index (χ0) is 18.0. The van der Waals surface area contributed by atoms with Gasteiger partial charge in [-0.3, -0.25) is 19.3 Å². The van der Waals surface area contributed by atoms with Gasteiger partial charge in [-0.2, -0.15) is 5.26 Å². The summed E-state index contributed by atoms with van der Waals surface area (Å²) in [5, 5.41) is 11.4. The molecule has 1 heterocycles. The number of hydrogen-bond acceptors (Lipinski definition) is 4. The van der Waals surface area contributed by atoms with Crippen molar-refractivity contribution in [3.8, 4) is 6.07 Å². The van der Waals surface area contributed by atoms with Crippen LogP contribution in [0.1, 0.15) is 38.3 Å². The zero-order valence-corrected chi connectivity index (χ0v) is 13.6. The van der Waals surface area contributed by atoms with Crippen molar-refractivity contribution in [2.24, 2.45) is 0 Å². The Hall–Kier alpha value is -3.46. The molecule has 0 saturated heterocycles. The number of rotatable bonds is 4. The summed E-state index contributed by atoms with van der Waals surface area (Å²) in [6.45, 7) is 1.87. The van der Waals surface area contributed by atoms with Crippen molar-refractivity contribution in [1.29, 1.82) is 5.26 Å². The Morgan fingerprint density at radius 3 is 2.44 bits per heavy atom. The predicted molar refractivity (Wildman–Crippen MR) is 90.9 cm³/mol. The summed E-state index contributed by atoms with van der Waals surface area (Å²) in [5.74, 6) is -1.04. The molecule has 0 unspecified atom stereocenters. The van der Waals surface area contributed by atoms with Crippen molar-refractivity contribution in [3.63, 3.8) is 0 Å². The van der Waals surface area contributed by atoms with Crippen LogP contribution in [0.15, 0.2) is 42.5 Å². The molecule has 25 heavy (non-hydrogen) atoms. The van der Waals surface area contributed by atoms with Crippen LogP contribution < -0.4 is 5.32 Å². The van der Waals surface area contributed by atoms with E-state index in [1.54, 1.807) is 42.5 Å². The quantitative estimate of drug-likeness (QED) is 0.870. The SMILES string of the molecule is Cc1ccc2c(c1)C(=O)N(CCC(=O)Nc1ccc(C#N)cc1)C2=O. The maximum absolute atomic E-state index is 12.3. The number of imide groups is 1. The van der Waals surface area contributed by atoms with E-state index < -0.39 is 0 Å². The van der Waals surface area contributed by atoms with Crippen LogP contribution >= 0.6 is 0 Å². The van der Waals surface area contributed by atoms with Crippen LogP contribution in [0.5, 0.6) is 0 Å². The van der Waals surface area contributed by atoms with Crippen LogP contribution in [-0.2, 0) is 4.79 Å². The molecule has 0 spiro atoms. The van der Waals surface area contributed by atoms with E-state index in [0.717, 1.165) is 10.5 Å². The molecule has 6 nitrogen and oxygen atoms in total. The number of nitrogens with zero attached hydrogens (tertiary/aromatic N) is 2. The third-order valence-corrected chi connectivity index (χ3v) is 3.99. The van der Waals surface area contributed by atoms with E-state index in [9.17, 15) is 14.4 Å². The van der Waals surface area contributed by atoms with Gasteiger partial charge in [0.1, 0.15) is 0 Å². The fourth-order valence-corrected chi connectivity index (χ4v) is 2.67. The minimum Gasteiger partial charge on any atom is -0.326 e. The number of carbonyl (C=O) groups is 3. The molecule has 0 bridgehead atoms. The van der Waals surface area contributed by atoms with E-state index in [0.29, 0.717) is 22.4 Å². The van der Waals surface area contributed by atoms with Gasteiger partial charge in [0.25, 0.3) is 11.8 Å². The molecule has 1 aliphatic rings. The molecular weight excluding hydrogens is 318 g/mol. The molecule has 0 atom stereocenters. The molecular formula is C19H15N3O3. The first-order valence-corrected chi connectivity index (χ1v) is 7.76. The maximum Gasteiger partial charge on any atom is 0.261 e. The van der Waals surface area contributed by atoms with Crippen LogP contribution in [0.4, 0.5) is 5.69 Å². The van der Waals surface area contributed by atoms with Gasteiger partial charge in [0.05, 0.1) is 22.8 Å². The summed E-state index contributed by atoms with van der Waals surface area (Å²) >= 11 is 0. The Labute approximate surface area is 144 Å². The minimum atomic E-state index is -0.369. The van der Waals surface area contributed by atoms with Gasteiger partial charge in [-0.25, -0.2) is 0 Å². The number of carbonyl (C=O) groups excluding carboxylic acids is 3. The van der Waals surface area contributed by atoms with Crippen molar-refractivity contribution < 1.29 is 14.4 Å². The molecule has 0 aliphatic carbocycles. The Balaban J connectivity index is 1.62. The number of benzene rings is 2. The maximum atomic E-state index is 12.3. The van der Waals surface area contributed by atoms with E-state index in [2.05, 4.69) is 5.32 Å². The van der Waals surface area contributed by atoms with E-state index in [1.807, 2.05) is 13.0 Å². The number of aryl methyl sites for hydroxylation is 1. The smallest absolute Gasteiger partial charge is 0.261 e. The minimum absolute atomic E-state index is 0.00442. The lowest BCUT2D eigenvalue weighted by molar-refractivity contribution is -0.116. The van der Waals surface area contributed by atoms with E-state index in [-0.39, 0.29) is 30.7 Å². The highest BCUT2D eigenvalue weighted by Crippen LogP contribution is 2.24. The predicted octanol–water partition coefficient (Wildman–Crippen LogP) is 2.49. The molecule has 0 aromatic heterocycles. The van der Waals surface area contributed by atoms with Gasteiger partial charge < -0.3 is 5.32 Å². The Morgan fingerprint density at radius 2 is 1.76 bits per heavy atom. The highest BCUT2D eigenvalue weighted by Gasteiger charge is 2.35. The third kappa shape index (κ3) is 3.26. The average molecular weight is 333 g/mol. The summed E-state index contributed by atoms with van der Waals surface area (Å²) in [6, 6.07) is 13.6. The van der Waals surface area contributed by atoms with Crippen molar-refractivity contribution >= 4 is 23.4 Å². The number of hydrogen-bond donors (Lipinski definition) is 1. The molecule has 1 N–H and O–H groups in total. The van der Waals surface area contributed by atoms with Gasteiger partial charge in [0.15, 0.2) is 0 Å². The lowest BCUT2D eigenvalue weighted by Crippen LogP contribution is -2.32. The Kier molecular flexibility index (Phi) is 4.31. The van der Waals surface area contributed by atoms with Crippen molar-refractivity contribution in [2.75, 3.05) is 11.9 Å². The molecule has 6 heteroatoms. The van der Waals surface area contributed by atoms with Gasteiger partial charge in [-0.15, -0.1) is 0 Å². The van der Waals surface area contributed by atoms with Crippen molar-refractivity contribution in [3.05, 3.63) is 64.7 Å².